The Labute approximate surface area is 197 Å². The number of aromatic amines is 1. The van der Waals surface area contributed by atoms with E-state index in [0.717, 1.165) is 11.8 Å². The Balaban J connectivity index is 1.70. The highest BCUT2D eigenvalue weighted by Gasteiger charge is 2.35. The molecule has 33 heavy (non-hydrogen) atoms. The fourth-order valence-corrected chi connectivity index (χ4v) is 6.24. The Morgan fingerprint density at radius 1 is 1.18 bits per heavy atom. The molecule has 0 amide bonds. The first-order valence-corrected chi connectivity index (χ1v) is 12.8. The Morgan fingerprint density at radius 3 is 2.79 bits per heavy atom. The van der Waals surface area contributed by atoms with Crippen molar-refractivity contribution in [2.45, 2.75) is 26.3 Å². The van der Waals surface area contributed by atoms with Gasteiger partial charge in [0.2, 0.25) is 0 Å². The summed E-state index contributed by atoms with van der Waals surface area (Å²) >= 11 is 6.29. The van der Waals surface area contributed by atoms with E-state index >= 15 is 0 Å². The van der Waals surface area contributed by atoms with Crippen LogP contribution in [0.2, 0.25) is 5.15 Å². The van der Waals surface area contributed by atoms with Crippen molar-refractivity contribution in [2.75, 3.05) is 48.6 Å². The predicted octanol–water partition coefficient (Wildman–Crippen LogP) is 2.68. The summed E-state index contributed by atoms with van der Waals surface area (Å²) in [6.45, 7) is 6.99. The Bertz CT molecular complexity index is 1280. The number of H-pyrrole nitrogens is 1. The molecule has 0 unspecified atom stereocenters. The number of ether oxygens (including phenoxy) is 1. The van der Waals surface area contributed by atoms with Gasteiger partial charge in [0.25, 0.3) is 0 Å². The normalized spacial score (nSPS) is 21.6. The number of nitrogens with zero attached hydrogens (tertiary/aromatic N) is 6. The third-order valence-corrected chi connectivity index (χ3v) is 8.29. The van der Waals surface area contributed by atoms with Crippen LogP contribution in [0.5, 0.6) is 0 Å². The minimum atomic E-state index is -3.68. The second-order valence-electron chi connectivity index (χ2n) is 8.18. The quantitative estimate of drug-likeness (QED) is 0.559. The van der Waals surface area contributed by atoms with Gasteiger partial charge >= 0.3 is 10.2 Å². The molecule has 1 N–H and O–H groups in total. The Morgan fingerprint density at radius 2 is 2.00 bits per heavy atom. The number of hydrogen-bond acceptors (Lipinski definition) is 7. The smallest absolute Gasteiger partial charge is 0.305 e. The molecule has 0 bridgehead atoms. The van der Waals surface area contributed by atoms with Crippen molar-refractivity contribution in [3.63, 3.8) is 0 Å². The van der Waals surface area contributed by atoms with Crippen LogP contribution in [0.25, 0.3) is 22.4 Å². The molecule has 5 heterocycles. The van der Waals surface area contributed by atoms with Crippen LogP contribution in [0.4, 0.5) is 11.6 Å². The summed E-state index contributed by atoms with van der Waals surface area (Å²) in [7, 11) is -3.68. The number of rotatable bonds is 4. The van der Waals surface area contributed by atoms with E-state index in [4.69, 9.17) is 26.3 Å². The zero-order valence-corrected chi connectivity index (χ0v) is 20.1. The Hall–Kier alpha value is -2.47. The van der Waals surface area contributed by atoms with Crippen molar-refractivity contribution < 1.29 is 13.2 Å². The number of morpholine rings is 1. The van der Waals surface area contributed by atoms with Crippen molar-refractivity contribution in [1.82, 2.24) is 24.2 Å². The average Bonchev–Trinajstić information content (AvgIpc) is 3.26. The standard InChI is InChI=1S/C21H26ClN7O3S/c1-3-27-7-4-8-29(33(27,30)31)19-12-18(28-9-10-32-13-14(28)2)25-21(26-19)16-11-17(22)24-20-15(16)5-6-23-20/h5-6,11-12,14H,3-4,7-10,13H2,1-2H3,(H,23,24)/t14-/m1/s1. The molecule has 0 saturated carbocycles. The maximum atomic E-state index is 13.3. The molecule has 2 aliphatic rings. The highest BCUT2D eigenvalue weighted by atomic mass is 35.5. The molecular formula is C21H26ClN7O3S. The molecule has 1 atom stereocenters. The van der Waals surface area contributed by atoms with Crippen LogP contribution in [0, 0.1) is 0 Å². The van der Waals surface area contributed by atoms with Gasteiger partial charge < -0.3 is 14.6 Å². The lowest BCUT2D eigenvalue weighted by Crippen LogP contribution is -2.50. The number of nitrogens with one attached hydrogen (secondary N) is 1. The number of aromatic nitrogens is 4. The summed E-state index contributed by atoms with van der Waals surface area (Å²) in [6, 6.07) is 5.45. The molecule has 0 aromatic carbocycles. The predicted molar refractivity (Wildman–Crippen MR) is 128 cm³/mol. The van der Waals surface area contributed by atoms with Crippen molar-refractivity contribution in [2.24, 2.45) is 0 Å². The molecule has 3 aromatic rings. The van der Waals surface area contributed by atoms with Crippen LogP contribution in [0.1, 0.15) is 20.3 Å². The topological polar surface area (TPSA) is 108 Å². The molecule has 10 nitrogen and oxygen atoms in total. The van der Waals surface area contributed by atoms with E-state index < -0.39 is 10.2 Å². The van der Waals surface area contributed by atoms with E-state index in [1.807, 2.05) is 13.0 Å². The van der Waals surface area contributed by atoms with Crippen LogP contribution >= 0.6 is 11.6 Å². The van der Waals surface area contributed by atoms with Gasteiger partial charge in [-0.05, 0) is 25.5 Å². The molecule has 2 fully saturated rings. The largest absolute Gasteiger partial charge is 0.377 e. The van der Waals surface area contributed by atoms with Gasteiger partial charge in [0.05, 0.1) is 19.3 Å². The van der Waals surface area contributed by atoms with Gasteiger partial charge in [0, 0.05) is 49.4 Å². The van der Waals surface area contributed by atoms with Gasteiger partial charge in [-0.2, -0.15) is 12.7 Å². The van der Waals surface area contributed by atoms with Crippen molar-refractivity contribution in [1.29, 1.82) is 0 Å². The summed E-state index contributed by atoms with van der Waals surface area (Å²) in [5.41, 5.74) is 1.31. The number of halogens is 1. The Kier molecular flexibility index (Phi) is 5.89. The minimum Gasteiger partial charge on any atom is -0.377 e. The third-order valence-electron chi connectivity index (χ3n) is 6.08. The molecule has 2 saturated heterocycles. The van der Waals surface area contributed by atoms with E-state index in [1.165, 1.54) is 8.61 Å². The SMILES string of the molecule is CCN1CCCN(c2cc(N3CCOC[C@H]3C)nc(-c3cc(Cl)nc4[nH]ccc34)n2)S1(=O)=O. The van der Waals surface area contributed by atoms with E-state index in [0.29, 0.717) is 73.2 Å². The lowest BCUT2D eigenvalue weighted by atomic mass is 10.1. The zero-order valence-electron chi connectivity index (χ0n) is 18.5. The molecule has 5 rings (SSSR count). The summed E-state index contributed by atoms with van der Waals surface area (Å²) in [6.07, 6.45) is 2.50. The third kappa shape index (κ3) is 4.03. The van der Waals surface area contributed by atoms with Gasteiger partial charge in [0.15, 0.2) is 5.82 Å². The van der Waals surface area contributed by atoms with E-state index in [2.05, 4.69) is 21.8 Å². The fraction of sp³-hybridized carbons (Fsp3) is 0.476. The van der Waals surface area contributed by atoms with Gasteiger partial charge in [-0.15, -0.1) is 0 Å². The van der Waals surface area contributed by atoms with Crippen molar-refractivity contribution in [3.8, 4) is 11.4 Å². The zero-order chi connectivity index (χ0) is 23.2. The van der Waals surface area contributed by atoms with Gasteiger partial charge in [-0.3, -0.25) is 0 Å². The first kappa shape index (κ1) is 22.3. The lowest BCUT2D eigenvalue weighted by molar-refractivity contribution is 0.0985. The van der Waals surface area contributed by atoms with Gasteiger partial charge in [0.1, 0.15) is 22.4 Å². The van der Waals surface area contributed by atoms with Gasteiger partial charge in [-0.1, -0.05) is 18.5 Å². The molecule has 12 heteroatoms. The van der Waals surface area contributed by atoms with Crippen molar-refractivity contribution in [3.05, 3.63) is 29.5 Å². The highest BCUT2D eigenvalue weighted by Crippen LogP contribution is 2.33. The van der Waals surface area contributed by atoms with Crippen LogP contribution in [0.15, 0.2) is 24.4 Å². The summed E-state index contributed by atoms with van der Waals surface area (Å²) in [4.78, 5) is 19.1. The maximum absolute atomic E-state index is 13.3. The molecule has 2 aliphatic heterocycles. The number of pyridine rings is 1. The molecule has 176 valence electrons. The molecule has 0 spiro atoms. The summed E-state index contributed by atoms with van der Waals surface area (Å²) in [5.74, 6) is 1.41. The van der Waals surface area contributed by atoms with E-state index in [-0.39, 0.29) is 6.04 Å². The minimum absolute atomic E-state index is 0.0905. The number of fused-ring (bicyclic) bond motifs is 1. The first-order valence-electron chi connectivity index (χ1n) is 11.0. The number of anilines is 2. The second-order valence-corrected chi connectivity index (χ2v) is 10.4. The second kappa shape index (κ2) is 8.71. The van der Waals surface area contributed by atoms with Crippen LogP contribution in [-0.4, -0.2) is 78.1 Å². The lowest BCUT2D eigenvalue weighted by Gasteiger charge is -2.37. The van der Waals surface area contributed by atoms with Crippen LogP contribution in [0.3, 0.4) is 0 Å². The molecule has 3 aromatic heterocycles. The maximum Gasteiger partial charge on any atom is 0.305 e. The number of hydrogen-bond donors (Lipinski definition) is 1. The van der Waals surface area contributed by atoms with Crippen LogP contribution in [-0.2, 0) is 14.9 Å². The summed E-state index contributed by atoms with van der Waals surface area (Å²) < 4.78 is 35.0. The highest BCUT2D eigenvalue weighted by molar-refractivity contribution is 7.90. The van der Waals surface area contributed by atoms with Crippen LogP contribution < -0.4 is 9.21 Å². The first-order chi connectivity index (χ1) is 15.9. The average molecular weight is 492 g/mol. The monoisotopic (exact) mass is 491 g/mol. The molecule has 0 radical (unpaired) electrons. The van der Waals surface area contributed by atoms with E-state index in [1.54, 1.807) is 18.3 Å². The van der Waals surface area contributed by atoms with Crippen molar-refractivity contribution >= 4 is 44.5 Å². The molecule has 0 aliphatic carbocycles. The van der Waals surface area contributed by atoms with Gasteiger partial charge in [-0.25, -0.2) is 19.3 Å². The fourth-order valence-electron chi connectivity index (χ4n) is 4.39. The molecular weight excluding hydrogens is 466 g/mol. The van der Waals surface area contributed by atoms with E-state index in [9.17, 15) is 8.42 Å². The summed E-state index contributed by atoms with van der Waals surface area (Å²) in [5, 5.41) is 1.12.